The Balaban J connectivity index is 1.73. The third kappa shape index (κ3) is 3.49. The zero-order chi connectivity index (χ0) is 24.5. The SMILES string of the molecule is COC1=c2c(c(=O)[nH]c(=O)n2C2CC2)=C(N)C(F)C1c1cc2c(s1)CCCC2C(N)C(F)(F)F. The number of nitrogens with two attached hydrogens (primary N) is 2. The van der Waals surface area contributed by atoms with Crippen LogP contribution in [-0.4, -0.2) is 35.1 Å². The molecule has 34 heavy (non-hydrogen) atoms. The lowest BCUT2D eigenvalue weighted by Gasteiger charge is -2.29. The van der Waals surface area contributed by atoms with Crippen molar-refractivity contribution in [3.05, 3.63) is 52.8 Å². The molecule has 4 unspecified atom stereocenters. The quantitative estimate of drug-likeness (QED) is 0.546. The monoisotopic (exact) mass is 500 g/mol. The number of hydrogen-bond acceptors (Lipinski definition) is 6. The molecule has 184 valence electrons. The Hall–Kier alpha value is -2.60. The number of nitrogens with zero attached hydrogens (tertiary/aromatic N) is 1. The van der Waals surface area contributed by atoms with Gasteiger partial charge in [-0.05, 0) is 43.7 Å². The van der Waals surface area contributed by atoms with E-state index < -0.39 is 41.5 Å². The number of fused-ring (bicyclic) bond motifs is 2. The largest absolute Gasteiger partial charge is 0.498 e. The molecule has 1 fully saturated rings. The molecular weight excluding hydrogens is 476 g/mol. The van der Waals surface area contributed by atoms with Gasteiger partial charge in [0.2, 0.25) is 0 Å². The number of aromatic nitrogens is 2. The van der Waals surface area contributed by atoms with Gasteiger partial charge < -0.3 is 16.2 Å². The fourth-order valence-electron chi connectivity index (χ4n) is 5.20. The zero-order valence-corrected chi connectivity index (χ0v) is 19.1. The summed E-state index contributed by atoms with van der Waals surface area (Å²) in [6.07, 6.45) is -3.61. The van der Waals surface area contributed by atoms with E-state index in [0.29, 0.717) is 36.1 Å². The Morgan fingerprint density at radius 2 is 1.97 bits per heavy atom. The molecule has 0 spiro atoms. The average Bonchev–Trinajstić information content (AvgIpc) is 3.51. The molecule has 7 nitrogen and oxygen atoms in total. The predicted octanol–water partition coefficient (Wildman–Crippen LogP) is 1.20. The van der Waals surface area contributed by atoms with Gasteiger partial charge in [0.15, 0.2) is 6.17 Å². The van der Waals surface area contributed by atoms with Crippen molar-refractivity contribution < 1.29 is 22.3 Å². The number of methoxy groups -OCH3 is 1. The van der Waals surface area contributed by atoms with Crippen LogP contribution in [0.1, 0.15) is 58.9 Å². The van der Waals surface area contributed by atoms with Gasteiger partial charge in [-0.2, -0.15) is 13.2 Å². The fourth-order valence-corrected chi connectivity index (χ4v) is 6.60. The molecule has 3 aliphatic rings. The molecule has 0 aliphatic heterocycles. The number of nitrogens with one attached hydrogen (secondary N) is 1. The van der Waals surface area contributed by atoms with Crippen LogP contribution in [0.15, 0.2) is 15.7 Å². The van der Waals surface area contributed by atoms with Crippen molar-refractivity contribution in [2.45, 2.75) is 68.4 Å². The van der Waals surface area contributed by atoms with E-state index in [1.807, 2.05) is 0 Å². The summed E-state index contributed by atoms with van der Waals surface area (Å²) in [5.74, 6) is -1.95. The average molecular weight is 501 g/mol. The highest BCUT2D eigenvalue weighted by atomic mass is 32.1. The Kier molecular flexibility index (Phi) is 5.43. The third-order valence-electron chi connectivity index (χ3n) is 6.97. The molecule has 0 bridgehead atoms. The highest BCUT2D eigenvalue weighted by molar-refractivity contribution is 7.12. The Morgan fingerprint density at radius 1 is 1.26 bits per heavy atom. The number of rotatable bonds is 4. The molecule has 0 aromatic carbocycles. The summed E-state index contributed by atoms with van der Waals surface area (Å²) < 4.78 is 62.9. The van der Waals surface area contributed by atoms with Crippen LogP contribution in [0.3, 0.4) is 0 Å². The predicted molar refractivity (Wildman–Crippen MR) is 119 cm³/mol. The number of H-pyrrole nitrogens is 1. The van der Waals surface area contributed by atoms with Gasteiger partial charge in [-0.15, -0.1) is 11.3 Å². The standard InChI is InChI=1S/C22H24F4N4O3S/c1-33-18-13(12-7-10-9(19(28)22(24,25)26)3-2-4-11(10)34-12)15(23)16(27)14-17(18)30(8-5-6-8)21(32)29-20(14)31/h7-9,13,15,19H,2-6,27-28H2,1H3,(H,29,31,32). The molecular formula is C22H24F4N4O3S. The summed E-state index contributed by atoms with van der Waals surface area (Å²) in [6, 6.07) is -0.626. The third-order valence-corrected chi connectivity index (χ3v) is 8.26. The molecule has 5 N–H and O–H groups in total. The minimum absolute atomic E-state index is 0.0714. The van der Waals surface area contributed by atoms with Crippen LogP contribution in [0, 0.1) is 0 Å². The number of thiophene rings is 1. The number of aromatic amines is 1. The van der Waals surface area contributed by atoms with Gasteiger partial charge in [-0.25, -0.2) is 9.18 Å². The number of ether oxygens (including phenoxy) is 1. The van der Waals surface area contributed by atoms with Gasteiger partial charge in [0, 0.05) is 21.7 Å². The van der Waals surface area contributed by atoms with E-state index in [4.69, 9.17) is 16.2 Å². The van der Waals surface area contributed by atoms with Crippen LogP contribution < -0.4 is 33.3 Å². The molecule has 5 rings (SSSR count). The Labute approximate surface area is 194 Å². The van der Waals surface area contributed by atoms with Crippen LogP contribution in [-0.2, 0) is 11.2 Å². The minimum Gasteiger partial charge on any atom is -0.498 e. The summed E-state index contributed by atoms with van der Waals surface area (Å²) >= 11 is 1.21. The van der Waals surface area contributed by atoms with Crippen molar-refractivity contribution in [3.63, 3.8) is 0 Å². The number of hydrogen-bond donors (Lipinski definition) is 3. The first kappa shape index (κ1) is 23.2. The second kappa shape index (κ2) is 7.98. The number of halogens is 4. The van der Waals surface area contributed by atoms with Gasteiger partial charge in [0.25, 0.3) is 5.56 Å². The van der Waals surface area contributed by atoms with Crippen molar-refractivity contribution >= 4 is 22.8 Å². The number of aryl methyl sites for hydroxylation is 1. The summed E-state index contributed by atoms with van der Waals surface area (Å²) in [7, 11) is 1.32. The lowest BCUT2D eigenvalue weighted by Crippen LogP contribution is -2.60. The van der Waals surface area contributed by atoms with Crippen molar-refractivity contribution in [3.8, 4) is 0 Å². The van der Waals surface area contributed by atoms with Gasteiger partial charge in [-0.3, -0.25) is 14.3 Å². The van der Waals surface area contributed by atoms with Crippen molar-refractivity contribution in [2.24, 2.45) is 11.5 Å². The van der Waals surface area contributed by atoms with E-state index in [1.165, 1.54) is 23.0 Å². The van der Waals surface area contributed by atoms with E-state index >= 15 is 4.39 Å². The van der Waals surface area contributed by atoms with E-state index in [0.717, 1.165) is 4.88 Å². The second-order valence-electron chi connectivity index (χ2n) is 9.08. The highest BCUT2D eigenvalue weighted by Crippen LogP contribution is 2.46. The maximum absolute atomic E-state index is 15.8. The molecule has 2 aromatic heterocycles. The molecule has 2 heterocycles. The molecule has 2 aromatic rings. The first-order valence-corrected chi connectivity index (χ1v) is 11.9. The summed E-state index contributed by atoms with van der Waals surface area (Å²) in [5, 5.41) is 0.00968. The van der Waals surface area contributed by atoms with Gasteiger partial charge in [0.1, 0.15) is 11.8 Å². The van der Waals surface area contributed by atoms with Crippen LogP contribution in [0.5, 0.6) is 0 Å². The smallest absolute Gasteiger partial charge is 0.404 e. The molecule has 0 saturated heterocycles. The van der Waals surface area contributed by atoms with Crippen molar-refractivity contribution in [1.29, 1.82) is 0 Å². The maximum Gasteiger partial charge on any atom is 0.404 e. The topological polar surface area (TPSA) is 116 Å². The zero-order valence-electron chi connectivity index (χ0n) is 18.2. The Morgan fingerprint density at radius 3 is 2.59 bits per heavy atom. The lowest BCUT2D eigenvalue weighted by atomic mass is 9.81. The molecule has 4 atom stereocenters. The van der Waals surface area contributed by atoms with Crippen LogP contribution in [0.25, 0.3) is 11.5 Å². The van der Waals surface area contributed by atoms with Gasteiger partial charge >= 0.3 is 11.9 Å². The first-order chi connectivity index (χ1) is 16.0. The van der Waals surface area contributed by atoms with Crippen molar-refractivity contribution in [1.82, 2.24) is 9.55 Å². The fraction of sp³-hybridized carbons (Fsp3) is 0.545. The minimum atomic E-state index is -4.56. The van der Waals surface area contributed by atoms with E-state index in [1.54, 1.807) is 6.07 Å². The summed E-state index contributed by atoms with van der Waals surface area (Å²) in [5.41, 5.74) is 10.4. The molecule has 12 heteroatoms. The molecule has 1 saturated carbocycles. The number of alkyl halides is 4. The first-order valence-electron chi connectivity index (χ1n) is 11.1. The molecule has 3 aliphatic carbocycles. The molecule has 0 radical (unpaired) electrons. The second-order valence-corrected chi connectivity index (χ2v) is 10.2. The van der Waals surface area contributed by atoms with Crippen LogP contribution in [0.2, 0.25) is 0 Å². The van der Waals surface area contributed by atoms with E-state index in [9.17, 15) is 22.8 Å². The highest BCUT2D eigenvalue weighted by Gasteiger charge is 2.45. The van der Waals surface area contributed by atoms with Crippen molar-refractivity contribution in [2.75, 3.05) is 7.11 Å². The lowest BCUT2D eigenvalue weighted by molar-refractivity contribution is -0.153. The van der Waals surface area contributed by atoms with Gasteiger partial charge in [0.05, 0.1) is 29.3 Å². The Bertz CT molecular complexity index is 1390. The summed E-state index contributed by atoms with van der Waals surface area (Å²) in [4.78, 5) is 28.6. The van der Waals surface area contributed by atoms with Gasteiger partial charge in [-0.1, -0.05) is 0 Å². The summed E-state index contributed by atoms with van der Waals surface area (Å²) in [6.45, 7) is 0. The maximum atomic E-state index is 15.8. The van der Waals surface area contributed by atoms with E-state index in [-0.39, 0.29) is 34.5 Å². The van der Waals surface area contributed by atoms with E-state index in [2.05, 4.69) is 4.98 Å². The van der Waals surface area contributed by atoms with Crippen LogP contribution >= 0.6 is 11.3 Å². The molecule has 0 amide bonds. The normalized spacial score (nSPS) is 25.6. The van der Waals surface area contributed by atoms with Crippen LogP contribution in [0.4, 0.5) is 17.6 Å².